The molecule has 4 nitrogen and oxygen atoms in total. The van der Waals surface area contributed by atoms with Crippen molar-refractivity contribution in [1.29, 1.82) is 0 Å². The number of rotatable bonds is 2. The van der Waals surface area contributed by atoms with Gasteiger partial charge >= 0.3 is 0 Å². The average molecular weight is 302 g/mol. The minimum absolute atomic E-state index is 0.189. The molecular formula is C18H26N2O2. The van der Waals surface area contributed by atoms with Crippen molar-refractivity contribution >= 4 is 5.91 Å². The van der Waals surface area contributed by atoms with Crippen LogP contribution in [0.2, 0.25) is 0 Å². The van der Waals surface area contributed by atoms with Gasteiger partial charge in [-0.2, -0.15) is 0 Å². The Labute approximate surface area is 132 Å². The Kier molecular flexibility index (Phi) is 5.33. The molecule has 1 fully saturated rings. The van der Waals surface area contributed by atoms with Crippen LogP contribution in [0, 0.1) is 0 Å². The lowest BCUT2D eigenvalue weighted by atomic mass is 10.1. The van der Waals surface area contributed by atoms with Crippen molar-refractivity contribution in [2.45, 2.75) is 45.1 Å². The SMILES string of the molecule is O=C1CCN(Cc2ccc3c(c2)CCO3)CCCCCCN1. The number of ether oxygens (including phenoxy) is 1. The number of hydrogen-bond acceptors (Lipinski definition) is 3. The van der Waals surface area contributed by atoms with Crippen LogP contribution in [0.5, 0.6) is 5.75 Å². The maximum Gasteiger partial charge on any atom is 0.221 e. The number of hydrogen-bond donors (Lipinski definition) is 1. The first-order valence-corrected chi connectivity index (χ1v) is 8.55. The van der Waals surface area contributed by atoms with E-state index in [0.717, 1.165) is 51.4 Å². The van der Waals surface area contributed by atoms with Crippen LogP contribution in [0.4, 0.5) is 0 Å². The molecule has 1 aromatic carbocycles. The van der Waals surface area contributed by atoms with Gasteiger partial charge in [-0.25, -0.2) is 0 Å². The Hall–Kier alpha value is -1.55. The molecule has 1 aromatic rings. The normalized spacial score (nSPS) is 20.6. The molecule has 0 radical (unpaired) electrons. The molecule has 120 valence electrons. The van der Waals surface area contributed by atoms with E-state index in [0.29, 0.717) is 6.42 Å². The van der Waals surface area contributed by atoms with E-state index >= 15 is 0 Å². The highest BCUT2D eigenvalue weighted by atomic mass is 16.5. The molecule has 4 heteroatoms. The lowest BCUT2D eigenvalue weighted by molar-refractivity contribution is -0.121. The Morgan fingerprint density at radius 3 is 2.95 bits per heavy atom. The first kappa shape index (κ1) is 15.3. The topological polar surface area (TPSA) is 41.6 Å². The molecule has 22 heavy (non-hydrogen) atoms. The molecule has 0 atom stereocenters. The van der Waals surface area contributed by atoms with Gasteiger partial charge in [0.15, 0.2) is 0 Å². The molecule has 0 spiro atoms. The maximum absolute atomic E-state index is 11.8. The van der Waals surface area contributed by atoms with Gasteiger partial charge in [-0.15, -0.1) is 0 Å². The van der Waals surface area contributed by atoms with Crippen molar-refractivity contribution in [1.82, 2.24) is 10.2 Å². The van der Waals surface area contributed by atoms with Gasteiger partial charge in [-0.1, -0.05) is 25.0 Å². The Balaban J connectivity index is 1.61. The fourth-order valence-electron chi connectivity index (χ4n) is 3.26. The predicted molar refractivity (Wildman–Crippen MR) is 87.0 cm³/mol. The highest BCUT2D eigenvalue weighted by Crippen LogP contribution is 2.26. The van der Waals surface area contributed by atoms with E-state index in [2.05, 4.69) is 28.4 Å². The summed E-state index contributed by atoms with van der Waals surface area (Å²) in [6.45, 7) is 4.51. The molecule has 0 unspecified atom stereocenters. The zero-order valence-corrected chi connectivity index (χ0v) is 13.3. The van der Waals surface area contributed by atoms with Gasteiger partial charge in [-0.05, 0) is 36.6 Å². The van der Waals surface area contributed by atoms with E-state index in [4.69, 9.17) is 4.74 Å². The van der Waals surface area contributed by atoms with E-state index in [1.165, 1.54) is 30.4 Å². The van der Waals surface area contributed by atoms with E-state index in [1.807, 2.05) is 0 Å². The van der Waals surface area contributed by atoms with Crippen LogP contribution >= 0.6 is 0 Å². The number of carbonyl (C=O) groups is 1. The molecule has 0 bridgehead atoms. The fraction of sp³-hybridized carbons (Fsp3) is 0.611. The second-order valence-electron chi connectivity index (χ2n) is 6.33. The second kappa shape index (κ2) is 7.63. The van der Waals surface area contributed by atoms with Crippen molar-refractivity contribution in [2.75, 3.05) is 26.2 Å². The monoisotopic (exact) mass is 302 g/mol. The molecular weight excluding hydrogens is 276 g/mol. The Morgan fingerprint density at radius 1 is 1.09 bits per heavy atom. The number of fused-ring (bicyclic) bond motifs is 1. The zero-order valence-electron chi connectivity index (χ0n) is 13.3. The summed E-state index contributed by atoms with van der Waals surface area (Å²) in [5.74, 6) is 1.23. The largest absolute Gasteiger partial charge is 0.493 e. The molecule has 2 aliphatic heterocycles. The lowest BCUT2D eigenvalue weighted by Gasteiger charge is -2.22. The number of benzene rings is 1. The quantitative estimate of drug-likeness (QED) is 0.912. The smallest absolute Gasteiger partial charge is 0.221 e. The van der Waals surface area contributed by atoms with E-state index in [1.54, 1.807) is 0 Å². The van der Waals surface area contributed by atoms with Gasteiger partial charge in [0.1, 0.15) is 5.75 Å². The molecule has 2 aliphatic rings. The summed E-state index contributed by atoms with van der Waals surface area (Å²) in [5.41, 5.74) is 2.66. The lowest BCUT2D eigenvalue weighted by Crippen LogP contribution is -2.31. The fourth-order valence-corrected chi connectivity index (χ4v) is 3.26. The third kappa shape index (κ3) is 4.23. The molecule has 1 saturated heterocycles. The average Bonchev–Trinajstić information content (AvgIpc) is 2.97. The minimum atomic E-state index is 0.189. The van der Waals surface area contributed by atoms with Crippen LogP contribution in [-0.2, 0) is 17.8 Å². The summed E-state index contributed by atoms with van der Waals surface area (Å²) < 4.78 is 5.57. The Morgan fingerprint density at radius 2 is 2.00 bits per heavy atom. The minimum Gasteiger partial charge on any atom is -0.493 e. The molecule has 0 aliphatic carbocycles. The summed E-state index contributed by atoms with van der Waals surface area (Å²) in [6, 6.07) is 6.53. The summed E-state index contributed by atoms with van der Waals surface area (Å²) in [4.78, 5) is 14.2. The van der Waals surface area contributed by atoms with Crippen molar-refractivity contribution in [3.63, 3.8) is 0 Å². The Bertz CT molecular complexity index is 516. The number of amides is 1. The van der Waals surface area contributed by atoms with Crippen LogP contribution in [-0.4, -0.2) is 37.0 Å². The van der Waals surface area contributed by atoms with Crippen molar-refractivity contribution in [2.24, 2.45) is 0 Å². The van der Waals surface area contributed by atoms with Crippen molar-refractivity contribution in [3.8, 4) is 5.75 Å². The zero-order chi connectivity index (χ0) is 15.2. The summed E-state index contributed by atoms with van der Waals surface area (Å²) >= 11 is 0. The van der Waals surface area contributed by atoms with Gasteiger partial charge in [0.2, 0.25) is 5.91 Å². The molecule has 1 N–H and O–H groups in total. The predicted octanol–water partition coefficient (Wildman–Crippen LogP) is 2.50. The molecule has 0 saturated carbocycles. The van der Waals surface area contributed by atoms with Gasteiger partial charge in [0.05, 0.1) is 6.61 Å². The number of nitrogens with one attached hydrogen (secondary N) is 1. The third-order valence-electron chi connectivity index (χ3n) is 4.54. The van der Waals surface area contributed by atoms with Gasteiger partial charge in [0, 0.05) is 32.5 Å². The third-order valence-corrected chi connectivity index (χ3v) is 4.54. The van der Waals surface area contributed by atoms with E-state index in [-0.39, 0.29) is 5.91 Å². The molecule has 3 rings (SSSR count). The van der Waals surface area contributed by atoms with Gasteiger partial charge in [0.25, 0.3) is 0 Å². The van der Waals surface area contributed by atoms with Gasteiger partial charge in [-0.3, -0.25) is 9.69 Å². The van der Waals surface area contributed by atoms with Crippen LogP contribution < -0.4 is 10.1 Å². The maximum atomic E-state index is 11.8. The summed E-state index contributed by atoms with van der Waals surface area (Å²) in [7, 11) is 0. The standard InChI is InChI=1S/C18H26N2O2/c21-18-7-11-20(10-4-2-1-3-9-19-18)14-15-5-6-17-16(13-15)8-12-22-17/h5-6,13H,1-4,7-12,14H2,(H,19,21). The highest BCUT2D eigenvalue weighted by Gasteiger charge is 2.14. The molecule has 0 aromatic heterocycles. The van der Waals surface area contributed by atoms with E-state index < -0.39 is 0 Å². The summed E-state index contributed by atoms with van der Waals surface area (Å²) in [6.07, 6.45) is 6.42. The first-order valence-electron chi connectivity index (χ1n) is 8.55. The van der Waals surface area contributed by atoms with Crippen molar-refractivity contribution < 1.29 is 9.53 Å². The highest BCUT2D eigenvalue weighted by molar-refractivity contribution is 5.76. The first-order chi connectivity index (χ1) is 10.8. The molecule has 1 amide bonds. The number of nitrogens with zero attached hydrogens (tertiary/aromatic N) is 1. The summed E-state index contributed by atoms with van der Waals surface area (Å²) in [5, 5.41) is 3.02. The molecule has 2 heterocycles. The number of carbonyl (C=O) groups excluding carboxylic acids is 1. The van der Waals surface area contributed by atoms with Gasteiger partial charge < -0.3 is 10.1 Å². The van der Waals surface area contributed by atoms with E-state index in [9.17, 15) is 4.79 Å². The van der Waals surface area contributed by atoms with Crippen LogP contribution in [0.15, 0.2) is 18.2 Å². The van der Waals surface area contributed by atoms with Crippen LogP contribution in [0.1, 0.15) is 43.2 Å². The van der Waals surface area contributed by atoms with Crippen molar-refractivity contribution in [3.05, 3.63) is 29.3 Å². The second-order valence-corrected chi connectivity index (χ2v) is 6.33. The van der Waals surface area contributed by atoms with Crippen LogP contribution in [0.3, 0.4) is 0 Å². The van der Waals surface area contributed by atoms with Crippen LogP contribution in [0.25, 0.3) is 0 Å².